The molecule has 1 saturated heterocycles. The number of hydrazone groups is 1. The Hall–Kier alpha value is -3.03. The van der Waals surface area contributed by atoms with Crippen molar-refractivity contribution in [1.29, 1.82) is 0 Å². The molecule has 2 aliphatic heterocycles. The molecule has 0 unspecified atom stereocenters. The molecule has 1 fully saturated rings. The molecule has 3 aromatic rings. The maximum atomic E-state index is 12.5. The predicted octanol–water partition coefficient (Wildman–Crippen LogP) is 4.54. The van der Waals surface area contributed by atoms with Gasteiger partial charge in [-0.1, -0.05) is 45.0 Å². The Bertz CT molecular complexity index is 1210. The van der Waals surface area contributed by atoms with E-state index in [-0.39, 0.29) is 11.5 Å². The van der Waals surface area contributed by atoms with Crippen LogP contribution in [0.3, 0.4) is 0 Å². The van der Waals surface area contributed by atoms with E-state index in [2.05, 4.69) is 95.3 Å². The molecule has 2 atom stereocenters. The van der Waals surface area contributed by atoms with Crippen LogP contribution < -0.4 is 0 Å². The molecule has 2 aromatic heterocycles. The lowest BCUT2D eigenvalue weighted by atomic mass is 9.62. The third-order valence-electron chi connectivity index (χ3n) is 7.77. The van der Waals surface area contributed by atoms with Gasteiger partial charge in [0.25, 0.3) is 0 Å². The number of nitrogens with one attached hydrogen (secondary N) is 1. The lowest BCUT2D eigenvalue weighted by molar-refractivity contribution is -0.127. The maximum absolute atomic E-state index is 12.5. The predicted molar refractivity (Wildman–Crippen MR) is 139 cm³/mol. The van der Waals surface area contributed by atoms with Crippen molar-refractivity contribution in [2.75, 3.05) is 26.7 Å². The fourth-order valence-electron chi connectivity index (χ4n) is 5.69. The Kier molecular flexibility index (Phi) is 6.01. The zero-order valence-corrected chi connectivity index (χ0v) is 21.4. The third kappa shape index (κ3) is 4.06. The molecule has 4 heterocycles. The largest absolute Gasteiger partial charge is 0.380 e. The van der Waals surface area contributed by atoms with Crippen molar-refractivity contribution in [3.63, 3.8) is 0 Å². The van der Waals surface area contributed by atoms with Crippen LogP contribution in [-0.4, -0.2) is 63.1 Å². The number of pyridine rings is 1. The van der Waals surface area contributed by atoms with Gasteiger partial charge in [-0.2, -0.15) is 10.2 Å². The molecule has 2 N–H and O–H groups in total. The molecular weight excluding hydrogens is 436 g/mol. The minimum absolute atomic E-state index is 0.118. The zero-order valence-electron chi connectivity index (χ0n) is 21.4. The Balaban J connectivity index is 1.52. The Morgan fingerprint density at radius 3 is 2.43 bits per heavy atom. The number of aromatic nitrogens is 3. The molecule has 0 spiro atoms. The van der Waals surface area contributed by atoms with Gasteiger partial charge in [0, 0.05) is 61.2 Å². The highest BCUT2D eigenvalue weighted by Gasteiger charge is 2.55. The summed E-state index contributed by atoms with van der Waals surface area (Å²) >= 11 is 0. The van der Waals surface area contributed by atoms with Crippen molar-refractivity contribution in [2.45, 2.75) is 51.7 Å². The quantitative estimate of drug-likeness (QED) is 0.528. The second-order valence-electron chi connectivity index (χ2n) is 10.8. The van der Waals surface area contributed by atoms with Gasteiger partial charge in [-0.3, -0.25) is 15.1 Å². The van der Waals surface area contributed by atoms with Crippen molar-refractivity contribution in [3.8, 4) is 11.3 Å². The van der Waals surface area contributed by atoms with Crippen molar-refractivity contribution in [1.82, 2.24) is 25.1 Å². The number of aromatic amines is 1. The van der Waals surface area contributed by atoms with E-state index in [1.807, 2.05) is 18.5 Å². The maximum Gasteiger partial charge on any atom is 0.124 e. The number of hydrogen-bond acceptors (Lipinski definition) is 6. The molecule has 184 valence electrons. The highest BCUT2D eigenvalue weighted by molar-refractivity contribution is 5.61. The van der Waals surface area contributed by atoms with Gasteiger partial charge in [-0.05, 0) is 43.1 Å². The van der Waals surface area contributed by atoms with Gasteiger partial charge in [-0.25, -0.2) is 0 Å². The number of H-pyrrole nitrogens is 1. The summed E-state index contributed by atoms with van der Waals surface area (Å²) in [5.74, 6) is 0.440. The highest BCUT2D eigenvalue weighted by atomic mass is 16.3. The summed E-state index contributed by atoms with van der Waals surface area (Å²) in [6, 6.07) is 12.7. The van der Waals surface area contributed by atoms with Gasteiger partial charge in [0.05, 0.1) is 17.4 Å². The van der Waals surface area contributed by atoms with E-state index >= 15 is 0 Å². The first kappa shape index (κ1) is 23.7. The molecule has 7 heteroatoms. The Labute approximate surface area is 207 Å². The normalized spacial score (nSPS) is 20.1. The number of rotatable bonds is 7. The molecule has 1 aromatic carbocycles. The van der Waals surface area contributed by atoms with E-state index in [0.717, 1.165) is 54.1 Å². The fraction of sp³-hybridized carbons (Fsp3) is 0.464. The van der Waals surface area contributed by atoms with Crippen LogP contribution in [0.25, 0.3) is 11.3 Å². The zero-order chi connectivity index (χ0) is 24.8. The van der Waals surface area contributed by atoms with E-state index in [1.165, 1.54) is 5.56 Å². The average Bonchev–Trinajstić information content (AvgIpc) is 3.55. The second-order valence-corrected chi connectivity index (χ2v) is 10.8. The number of nitrogens with zero attached hydrogens (tertiary/aromatic N) is 5. The first-order valence-corrected chi connectivity index (χ1v) is 12.5. The summed E-state index contributed by atoms with van der Waals surface area (Å²) in [6.07, 6.45) is 6.55. The smallest absolute Gasteiger partial charge is 0.124 e. The molecule has 0 bridgehead atoms. The Morgan fingerprint density at radius 1 is 1.06 bits per heavy atom. The van der Waals surface area contributed by atoms with Crippen LogP contribution in [0, 0.1) is 5.41 Å². The SMILES string of the molecule is CC(C)c1ccc([C@](O)(c2cncc(-c3cc([C@@H](C)N4CCC=N4)[nH]n3)c2)C2(C)CN(C)C2)cc1. The van der Waals surface area contributed by atoms with Crippen LogP contribution in [0.15, 0.2) is 53.9 Å². The van der Waals surface area contributed by atoms with Crippen LogP contribution in [-0.2, 0) is 5.60 Å². The number of hydrogen-bond donors (Lipinski definition) is 2. The van der Waals surface area contributed by atoms with Crippen molar-refractivity contribution in [2.24, 2.45) is 10.5 Å². The summed E-state index contributed by atoms with van der Waals surface area (Å²) in [7, 11) is 2.09. The summed E-state index contributed by atoms with van der Waals surface area (Å²) < 4.78 is 0. The van der Waals surface area contributed by atoms with E-state index < -0.39 is 5.60 Å². The lowest BCUT2D eigenvalue weighted by Crippen LogP contribution is -2.63. The summed E-state index contributed by atoms with van der Waals surface area (Å²) in [6.45, 7) is 11.2. The van der Waals surface area contributed by atoms with Crippen LogP contribution in [0.5, 0.6) is 0 Å². The second kappa shape index (κ2) is 8.88. The molecule has 35 heavy (non-hydrogen) atoms. The van der Waals surface area contributed by atoms with Gasteiger partial charge in [0.1, 0.15) is 5.60 Å². The first-order valence-electron chi connectivity index (χ1n) is 12.5. The minimum atomic E-state index is -1.17. The molecule has 0 amide bonds. The first-order chi connectivity index (χ1) is 16.7. The molecular formula is C28H36N6O. The van der Waals surface area contributed by atoms with E-state index in [4.69, 9.17) is 0 Å². The minimum Gasteiger partial charge on any atom is -0.380 e. The Morgan fingerprint density at radius 2 is 1.80 bits per heavy atom. The van der Waals surface area contributed by atoms with Gasteiger partial charge < -0.3 is 10.0 Å². The standard InChI is InChI=1S/C28H36N6O/c1-19(2)21-7-9-23(10-8-21)28(35,27(4)17-33(5)18-27)24-13-22(15-29-16-24)26-14-25(31-32-26)20(3)34-12-6-11-30-34/h7-11,13-16,19-20,35H,6,12,17-18H2,1-5H3,(H,31,32)/t20-,28+/m1/s1. The molecule has 0 saturated carbocycles. The van der Waals surface area contributed by atoms with Crippen molar-refractivity contribution >= 4 is 6.21 Å². The number of benzene rings is 1. The third-order valence-corrected chi connectivity index (χ3v) is 7.77. The average molecular weight is 473 g/mol. The molecule has 0 radical (unpaired) electrons. The number of likely N-dealkylation sites (tertiary alicyclic amines) is 1. The topological polar surface area (TPSA) is 80.6 Å². The highest BCUT2D eigenvalue weighted by Crippen LogP contribution is 2.50. The van der Waals surface area contributed by atoms with Crippen LogP contribution in [0.4, 0.5) is 0 Å². The monoisotopic (exact) mass is 472 g/mol. The molecule has 5 rings (SSSR count). The fourth-order valence-corrected chi connectivity index (χ4v) is 5.69. The van der Waals surface area contributed by atoms with Crippen molar-refractivity contribution in [3.05, 3.63) is 71.2 Å². The van der Waals surface area contributed by atoms with E-state index in [0.29, 0.717) is 5.92 Å². The van der Waals surface area contributed by atoms with E-state index in [9.17, 15) is 5.11 Å². The van der Waals surface area contributed by atoms with Crippen LogP contribution in [0.2, 0.25) is 0 Å². The molecule has 2 aliphatic rings. The number of aliphatic hydroxyl groups is 1. The van der Waals surface area contributed by atoms with Gasteiger partial charge in [0.2, 0.25) is 0 Å². The molecule has 7 nitrogen and oxygen atoms in total. The molecule has 0 aliphatic carbocycles. The summed E-state index contributed by atoms with van der Waals surface area (Å²) in [5, 5.41) is 26.8. The van der Waals surface area contributed by atoms with Gasteiger partial charge in [-0.15, -0.1) is 0 Å². The van der Waals surface area contributed by atoms with Crippen LogP contribution >= 0.6 is 0 Å². The van der Waals surface area contributed by atoms with Gasteiger partial charge in [0.15, 0.2) is 0 Å². The lowest BCUT2D eigenvalue weighted by Gasteiger charge is -2.55. The van der Waals surface area contributed by atoms with Crippen LogP contribution in [0.1, 0.15) is 68.5 Å². The summed E-state index contributed by atoms with van der Waals surface area (Å²) in [5.41, 5.74) is 4.17. The summed E-state index contributed by atoms with van der Waals surface area (Å²) in [4.78, 5) is 6.80. The van der Waals surface area contributed by atoms with Crippen molar-refractivity contribution < 1.29 is 5.11 Å². The van der Waals surface area contributed by atoms with E-state index in [1.54, 1.807) is 6.20 Å². The van der Waals surface area contributed by atoms with Gasteiger partial charge >= 0.3 is 0 Å².